The van der Waals surface area contributed by atoms with E-state index in [1.807, 2.05) is 6.92 Å². The van der Waals surface area contributed by atoms with Crippen molar-refractivity contribution in [1.82, 2.24) is 0 Å². The minimum atomic E-state index is -2.51. The molecule has 0 spiro atoms. The van der Waals surface area contributed by atoms with Crippen molar-refractivity contribution in [3.05, 3.63) is 0 Å². The van der Waals surface area contributed by atoms with Crippen LogP contribution in [0.2, 0.25) is 0 Å². The van der Waals surface area contributed by atoms with Crippen molar-refractivity contribution in [2.24, 2.45) is 29.6 Å². The molecule has 1 nitrogen and oxygen atoms in total. The summed E-state index contributed by atoms with van der Waals surface area (Å²) in [6, 6.07) is 0. The third kappa shape index (κ3) is 4.87. The molecule has 0 aliphatic heterocycles. The van der Waals surface area contributed by atoms with Gasteiger partial charge >= 0.3 is 0 Å². The van der Waals surface area contributed by atoms with E-state index in [9.17, 15) is 17.6 Å². The normalized spacial score (nSPS) is 43.1. The maximum absolute atomic E-state index is 14.7. The van der Waals surface area contributed by atoms with E-state index in [0.29, 0.717) is 37.7 Å². The number of hydrogen-bond donors (Lipinski definition) is 0. The quantitative estimate of drug-likeness (QED) is 0.426. The topological polar surface area (TPSA) is 9.23 Å². The Kier molecular flexibility index (Phi) is 7.72. The molecule has 3 rings (SSSR count). The summed E-state index contributed by atoms with van der Waals surface area (Å²) in [5.74, 6) is -1.72. The fraction of sp³-hybridized carbons (Fsp3) is 1.00. The molecule has 4 unspecified atom stereocenters. The monoisotopic (exact) mass is 406 g/mol. The molecule has 4 atom stereocenters. The van der Waals surface area contributed by atoms with Gasteiger partial charge in [0.2, 0.25) is 0 Å². The van der Waals surface area contributed by atoms with E-state index in [4.69, 9.17) is 4.74 Å². The second-order valence-corrected chi connectivity index (χ2v) is 9.52. The molecule has 5 heteroatoms. The molecule has 0 amide bonds. The van der Waals surface area contributed by atoms with E-state index < -0.39 is 30.3 Å². The lowest BCUT2D eigenvalue weighted by atomic mass is 9.64. The summed E-state index contributed by atoms with van der Waals surface area (Å²) in [7, 11) is 0. The Morgan fingerprint density at radius 2 is 1.25 bits per heavy atom. The summed E-state index contributed by atoms with van der Waals surface area (Å²) < 4.78 is 62.4. The van der Waals surface area contributed by atoms with Crippen LogP contribution in [0, 0.1) is 29.6 Å². The van der Waals surface area contributed by atoms with Crippen LogP contribution < -0.4 is 0 Å². The van der Waals surface area contributed by atoms with Gasteiger partial charge in [0.25, 0.3) is 5.92 Å². The zero-order valence-electron chi connectivity index (χ0n) is 17.5. The van der Waals surface area contributed by atoms with Crippen LogP contribution in [0.5, 0.6) is 0 Å². The van der Waals surface area contributed by atoms with Crippen LogP contribution in [0.25, 0.3) is 0 Å². The summed E-state index contributed by atoms with van der Waals surface area (Å²) >= 11 is 0. The molecule has 0 aromatic carbocycles. The van der Waals surface area contributed by atoms with Gasteiger partial charge < -0.3 is 4.74 Å². The van der Waals surface area contributed by atoms with Crippen LogP contribution in [0.3, 0.4) is 0 Å². The molecule has 164 valence electrons. The van der Waals surface area contributed by atoms with Crippen LogP contribution in [-0.4, -0.2) is 31.0 Å². The fourth-order valence-electron chi connectivity index (χ4n) is 6.35. The molecule has 3 aliphatic rings. The molecule has 0 saturated heterocycles. The van der Waals surface area contributed by atoms with Crippen LogP contribution >= 0.6 is 0 Å². The Hall–Kier alpha value is -0.320. The highest BCUT2D eigenvalue weighted by molar-refractivity contribution is 4.94. The van der Waals surface area contributed by atoms with E-state index in [0.717, 1.165) is 44.9 Å². The zero-order chi connectivity index (χ0) is 20.3. The molecular formula is C23H38F4O. The van der Waals surface area contributed by atoms with Crippen molar-refractivity contribution < 1.29 is 22.3 Å². The van der Waals surface area contributed by atoms with Crippen LogP contribution in [0.15, 0.2) is 0 Å². The van der Waals surface area contributed by atoms with Crippen molar-refractivity contribution in [3.8, 4) is 0 Å². The van der Waals surface area contributed by atoms with Gasteiger partial charge in [-0.25, -0.2) is 17.6 Å². The van der Waals surface area contributed by atoms with Gasteiger partial charge in [0.15, 0.2) is 6.17 Å². The molecule has 0 bridgehead atoms. The number of rotatable bonds is 6. The highest BCUT2D eigenvalue weighted by atomic mass is 19.3. The molecule has 0 aromatic heterocycles. The highest BCUT2D eigenvalue weighted by Crippen LogP contribution is 2.48. The summed E-state index contributed by atoms with van der Waals surface area (Å²) in [4.78, 5) is 0. The summed E-state index contributed by atoms with van der Waals surface area (Å²) in [6.07, 6.45) is 4.95. The first-order valence-corrected chi connectivity index (χ1v) is 11.6. The Balaban J connectivity index is 1.45. The predicted molar refractivity (Wildman–Crippen MR) is 104 cm³/mol. The largest absolute Gasteiger partial charge is 0.375 e. The van der Waals surface area contributed by atoms with Crippen molar-refractivity contribution in [1.29, 1.82) is 0 Å². The van der Waals surface area contributed by atoms with Gasteiger partial charge in [0.1, 0.15) is 6.17 Å². The van der Waals surface area contributed by atoms with Crippen molar-refractivity contribution >= 4 is 0 Å². The third-order valence-electron chi connectivity index (χ3n) is 8.16. The lowest BCUT2D eigenvalue weighted by molar-refractivity contribution is -0.0882. The SMILES string of the molecule is CCOC1CCC(C2CCC(C3CCC(C(F)(F)CC)CC3)CC2)C(F)C1F. The van der Waals surface area contributed by atoms with Crippen molar-refractivity contribution in [2.75, 3.05) is 6.61 Å². The first kappa shape index (κ1) is 22.4. The molecule has 3 fully saturated rings. The van der Waals surface area contributed by atoms with E-state index >= 15 is 0 Å². The van der Waals surface area contributed by atoms with Gasteiger partial charge in [-0.15, -0.1) is 0 Å². The molecule has 28 heavy (non-hydrogen) atoms. The second-order valence-electron chi connectivity index (χ2n) is 9.52. The summed E-state index contributed by atoms with van der Waals surface area (Å²) in [5, 5.41) is 0. The lowest BCUT2D eigenvalue weighted by Crippen LogP contribution is -2.46. The maximum atomic E-state index is 14.7. The van der Waals surface area contributed by atoms with Gasteiger partial charge in [-0.1, -0.05) is 6.92 Å². The third-order valence-corrected chi connectivity index (χ3v) is 8.16. The van der Waals surface area contributed by atoms with Gasteiger partial charge in [0.05, 0.1) is 6.10 Å². The van der Waals surface area contributed by atoms with E-state index in [-0.39, 0.29) is 18.3 Å². The van der Waals surface area contributed by atoms with E-state index in [2.05, 4.69) is 0 Å². The van der Waals surface area contributed by atoms with E-state index in [1.54, 1.807) is 6.92 Å². The minimum Gasteiger partial charge on any atom is -0.375 e. The molecule has 0 radical (unpaired) electrons. The van der Waals surface area contributed by atoms with Gasteiger partial charge in [0, 0.05) is 18.9 Å². The van der Waals surface area contributed by atoms with Crippen LogP contribution in [0.4, 0.5) is 17.6 Å². The minimum absolute atomic E-state index is 0.0566. The fourth-order valence-corrected chi connectivity index (χ4v) is 6.35. The van der Waals surface area contributed by atoms with Crippen LogP contribution in [-0.2, 0) is 4.74 Å². The van der Waals surface area contributed by atoms with Gasteiger partial charge in [-0.05, 0) is 94.8 Å². The summed E-state index contributed by atoms with van der Waals surface area (Å²) in [5.41, 5.74) is 0. The smallest absolute Gasteiger partial charge is 0.250 e. The van der Waals surface area contributed by atoms with Gasteiger partial charge in [-0.3, -0.25) is 0 Å². The highest BCUT2D eigenvalue weighted by Gasteiger charge is 2.45. The lowest BCUT2D eigenvalue weighted by Gasteiger charge is -2.43. The number of ether oxygens (including phenoxy) is 1. The number of halogens is 4. The Morgan fingerprint density at radius 1 is 0.714 bits per heavy atom. The van der Waals surface area contributed by atoms with E-state index in [1.165, 1.54) is 0 Å². The molecule has 0 aromatic rings. The number of hydrogen-bond acceptors (Lipinski definition) is 1. The van der Waals surface area contributed by atoms with Crippen LogP contribution in [0.1, 0.15) is 84.5 Å². The van der Waals surface area contributed by atoms with Gasteiger partial charge in [-0.2, -0.15) is 0 Å². The second kappa shape index (κ2) is 9.66. The average Bonchev–Trinajstić information content (AvgIpc) is 2.72. The van der Waals surface area contributed by atoms with Crippen molar-refractivity contribution in [2.45, 2.75) is 109 Å². The molecule has 3 saturated carbocycles. The summed E-state index contributed by atoms with van der Waals surface area (Å²) in [6.45, 7) is 3.83. The first-order valence-electron chi connectivity index (χ1n) is 11.6. The maximum Gasteiger partial charge on any atom is 0.250 e. The first-order chi connectivity index (χ1) is 13.4. The Morgan fingerprint density at radius 3 is 1.79 bits per heavy atom. The predicted octanol–water partition coefficient (Wildman–Crippen LogP) is 7.14. The molecule has 0 N–H and O–H groups in total. The molecular weight excluding hydrogens is 368 g/mol. The number of alkyl halides is 4. The van der Waals surface area contributed by atoms with Crippen molar-refractivity contribution in [3.63, 3.8) is 0 Å². The Bertz CT molecular complexity index is 469. The zero-order valence-corrected chi connectivity index (χ0v) is 17.5. The average molecular weight is 407 g/mol. The molecule has 0 heterocycles. The standard InChI is InChI=1S/C23H38F4O/c1-3-23(26,27)18-11-9-16(10-12-18)15-5-7-17(8-6-15)19-13-14-20(28-4-2)22(25)21(19)24/h15-22H,3-14H2,1-2H3. The molecule has 3 aliphatic carbocycles. The Labute approximate surface area is 168 Å².